The highest BCUT2D eigenvalue weighted by Crippen LogP contribution is 2.39. The maximum absolute atomic E-state index is 15.1. The number of piperazine rings is 1. The molecule has 3 atom stereocenters. The standard InChI is InChI=1S/C35H49F2IN4O2/c1-22(2)42(25(5)43)24(4)30-17-23(3)26(20-38)18-33(30)39-13-15-40(16-14-39)34(44)29-11-12-41(35(6,7)8)21-31(29)28-10-9-27(36)19-32(28)37/h9-10,17-19,22,24,29,31H,11-16,20-21H2,1-8H3/t24-,29+,31-/m0/s1. The van der Waals surface area contributed by atoms with E-state index in [1.54, 1.807) is 6.92 Å². The molecule has 242 valence electrons. The Morgan fingerprint density at radius 3 is 2.23 bits per heavy atom. The van der Waals surface area contributed by atoms with Crippen LogP contribution in [0.25, 0.3) is 0 Å². The Morgan fingerprint density at radius 1 is 1.02 bits per heavy atom. The number of likely N-dealkylation sites (tertiary alicyclic amines) is 1. The van der Waals surface area contributed by atoms with Crippen LogP contribution in [0.2, 0.25) is 0 Å². The smallest absolute Gasteiger partial charge is 0.226 e. The topological polar surface area (TPSA) is 47.1 Å². The number of carbonyl (C=O) groups is 2. The number of hydrogen-bond acceptors (Lipinski definition) is 4. The van der Waals surface area contributed by atoms with Crippen molar-refractivity contribution in [2.75, 3.05) is 44.2 Å². The van der Waals surface area contributed by atoms with Gasteiger partial charge in [-0.05, 0) is 95.8 Å². The summed E-state index contributed by atoms with van der Waals surface area (Å²) in [6.07, 6.45) is 0.631. The Hall–Kier alpha value is -2.27. The molecule has 0 bridgehead atoms. The highest BCUT2D eigenvalue weighted by atomic mass is 127. The SMILES string of the molecule is CC(=O)N(C(C)C)[C@@H](C)c1cc(C)c(CI)cc1N1CCN(C(=O)[C@@H]2CCN(C(C)(C)C)C[C@H]2c2ccc(F)cc2F)CC1. The summed E-state index contributed by atoms with van der Waals surface area (Å²) in [6, 6.07) is 8.22. The zero-order valence-corrected chi connectivity index (χ0v) is 29.7. The van der Waals surface area contributed by atoms with E-state index < -0.39 is 11.6 Å². The number of rotatable bonds is 7. The van der Waals surface area contributed by atoms with Crippen LogP contribution in [-0.4, -0.2) is 77.4 Å². The van der Waals surface area contributed by atoms with Crippen molar-refractivity contribution in [2.45, 2.75) is 89.8 Å². The van der Waals surface area contributed by atoms with Crippen molar-refractivity contribution >= 4 is 40.1 Å². The molecular formula is C35H49F2IN4O2. The van der Waals surface area contributed by atoms with Crippen LogP contribution >= 0.6 is 22.6 Å². The van der Waals surface area contributed by atoms with Crippen molar-refractivity contribution < 1.29 is 18.4 Å². The van der Waals surface area contributed by atoms with E-state index in [2.05, 4.69) is 79.1 Å². The number of anilines is 1. The minimum absolute atomic E-state index is 0.0501. The Kier molecular flexibility index (Phi) is 11.0. The first-order valence-corrected chi connectivity index (χ1v) is 17.4. The normalized spacial score (nSPS) is 20.6. The molecule has 0 unspecified atom stereocenters. The van der Waals surface area contributed by atoms with Crippen LogP contribution < -0.4 is 4.90 Å². The monoisotopic (exact) mass is 722 g/mol. The molecule has 6 nitrogen and oxygen atoms in total. The Morgan fingerprint density at radius 2 is 1.68 bits per heavy atom. The Balaban J connectivity index is 1.57. The van der Waals surface area contributed by atoms with Crippen molar-refractivity contribution in [3.05, 3.63) is 64.2 Å². The van der Waals surface area contributed by atoms with Crippen LogP contribution in [0.4, 0.5) is 14.5 Å². The minimum atomic E-state index is -0.607. The van der Waals surface area contributed by atoms with Crippen LogP contribution in [0.5, 0.6) is 0 Å². The van der Waals surface area contributed by atoms with E-state index in [-0.39, 0.29) is 41.3 Å². The zero-order chi connectivity index (χ0) is 32.5. The molecule has 2 heterocycles. The molecule has 2 aromatic rings. The Bertz CT molecular complexity index is 1350. The first kappa shape index (κ1) is 34.6. The lowest BCUT2D eigenvalue weighted by molar-refractivity contribution is -0.139. The molecule has 0 spiro atoms. The number of hydrogen-bond donors (Lipinski definition) is 0. The van der Waals surface area contributed by atoms with Gasteiger partial charge in [-0.2, -0.15) is 0 Å². The van der Waals surface area contributed by atoms with Gasteiger partial charge in [-0.15, -0.1) is 0 Å². The lowest BCUT2D eigenvalue weighted by atomic mass is 9.78. The van der Waals surface area contributed by atoms with Gasteiger partial charge in [-0.1, -0.05) is 34.7 Å². The molecule has 0 aromatic heterocycles. The van der Waals surface area contributed by atoms with Gasteiger partial charge in [0.05, 0.1) is 6.04 Å². The van der Waals surface area contributed by atoms with Crippen LogP contribution in [0.15, 0.2) is 30.3 Å². The number of halogens is 3. The summed E-state index contributed by atoms with van der Waals surface area (Å²) < 4.78 is 29.8. The molecule has 0 saturated carbocycles. The van der Waals surface area contributed by atoms with Gasteiger partial charge in [-0.25, -0.2) is 8.78 Å². The third kappa shape index (κ3) is 7.40. The summed E-state index contributed by atoms with van der Waals surface area (Å²) in [7, 11) is 0. The maximum atomic E-state index is 15.1. The molecule has 2 aromatic carbocycles. The van der Waals surface area contributed by atoms with E-state index >= 15 is 4.39 Å². The third-order valence-corrected chi connectivity index (χ3v) is 10.4. The summed E-state index contributed by atoms with van der Waals surface area (Å²) in [4.78, 5) is 35.3. The van der Waals surface area contributed by atoms with Gasteiger partial charge >= 0.3 is 0 Å². The van der Waals surface area contributed by atoms with Crippen molar-refractivity contribution in [1.29, 1.82) is 0 Å². The summed E-state index contributed by atoms with van der Waals surface area (Å²) in [6.45, 7) is 20.1. The van der Waals surface area contributed by atoms with Crippen molar-refractivity contribution in [1.82, 2.24) is 14.7 Å². The van der Waals surface area contributed by atoms with E-state index in [1.165, 1.54) is 23.3 Å². The van der Waals surface area contributed by atoms with Gasteiger partial charge in [0.1, 0.15) is 11.6 Å². The van der Waals surface area contributed by atoms with Gasteiger partial charge in [0, 0.05) is 79.2 Å². The first-order chi connectivity index (χ1) is 20.6. The predicted molar refractivity (Wildman–Crippen MR) is 182 cm³/mol. The maximum Gasteiger partial charge on any atom is 0.226 e. The average Bonchev–Trinajstić information content (AvgIpc) is 2.95. The molecular weight excluding hydrogens is 673 g/mol. The van der Waals surface area contributed by atoms with Gasteiger partial charge in [0.2, 0.25) is 11.8 Å². The second-order valence-corrected chi connectivity index (χ2v) is 14.5. The Labute approximate surface area is 276 Å². The molecule has 2 aliphatic rings. The molecule has 4 rings (SSSR count). The van der Waals surface area contributed by atoms with Crippen LogP contribution in [-0.2, 0) is 14.0 Å². The van der Waals surface area contributed by atoms with Crippen molar-refractivity contribution in [2.24, 2.45) is 5.92 Å². The van der Waals surface area contributed by atoms with Crippen LogP contribution in [0.1, 0.15) is 89.1 Å². The van der Waals surface area contributed by atoms with Gasteiger partial charge in [0.25, 0.3) is 0 Å². The lowest BCUT2D eigenvalue weighted by Gasteiger charge is -2.46. The molecule has 0 radical (unpaired) electrons. The summed E-state index contributed by atoms with van der Waals surface area (Å²) in [5.41, 5.74) is 5.03. The van der Waals surface area contributed by atoms with Gasteiger partial charge in [0.15, 0.2) is 0 Å². The molecule has 9 heteroatoms. The summed E-state index contributed by atoms with van der Waals surface area (Å²) in [5, 5.41) is 0. The molecule has 0 N–H and O–H groups in total. The van der Waals surface area contributed by atoms with Crippen LogP contribution in [0, 0.1) is 24.5 Å². The number of piperidine rings is 1. The van der Waals surface area contributed by atoms with Crippen LogP contribution in [0.3, 0.4) is 0 Å². The average molecular weight is 723 g/mol. The molecule has 44 heavy (non-hydrogen) atoms. The fourth-order valence-corrected chi connectivity index (χ4v) is 7.95. The molecule has 2 amide bonds. The largest absolute Gasteiger partial charge is 0.368 e. The minimum Gasteiger partial charge on any atom is -0.368 e. The van der Waals surface area contributed by atoms with E-state index in [0.717, 1.165) is 28.3 Å². The van der Waals surface area contributed by atoms with Gasteiger partial charge < -0.3 is 14.7 Å². The lowest BCUT2D eigenvalue weighted by Crippen LogP contribution is -2.55. The second-order valence-electron chi connectivity index (χ2n) is 13.8. The molecule has 0 aliphatic carbocycles. The number of amides is 2. The number of nitrogens with zero attached hydrogens (tertiary/aromatic N) is 4. The van der Waals surface area contributed by atoms with Crippen molar-refractivity contribution in [3.8, 4) is 0 Å². The second kappa shape index (κ2) is 14.0. The van der Waals surface area contributed by atoms with E-state index in [9.17, 15) is 14.0 Å². The predicted octanol–water partition coefficient (Wildman–Crippen LogP) is 7.08. The summed E-state index contributed by atoms with van der Waals surface area (Å²) in [5.74, 6) is -1.80. The fraction of sp³-hybridized carbons (Fsp3) is 0.600. The summed E-state index contributed by atoms with van der Waals surface area (Å²) >= 11 is 2.40. The molecule has 2 aliphatic heterocycles. The van der Waals surface area contributed by atoms with E-state index in [1.807, 2.05) is 23.6 Å². The third-order valence-electron chi connectivity index (χ3n) is 9.59. The zero-order valence-electron chi connectivity index (χ0n) is 27.6. The van der Waals surface area contributed by atoms with E-state index in [4.69, 9.17) is 0 Å². The highest BCUT2D eigenvalue weighted by Gasteiger charge is 2.41. The number of carbonyl (C=O) groups excluding carboxylic acids is 2. The van der Waals surface area contributed by atoms with Gasteiger partial charge in [-0.3, -0.25) is 14.5 Å². The molecule has 2 saturated heterocycles. The number of alkyl halides is 1. The van der Waals surface area contributed by atoms with Crippen molar-refractivity contribution in [3.63, 3.8) is 0 Å². The fourth-order valence-electron chi connectivity index (χ4n) is 7.12. The number of benzene rings is 2. The quantitative estimate of drug-likeness (QED) is 0.227. The number of aryl methyl sites for hydroxylation is 1. The molecule has 2 fully saturated rings. The first-order valence-electron chi connectivity index (χ1n) is 15.9. The van der Waals surface area contributed by atoms with E-state index in [0.29, 0.717) is 44.7 Å². The highest BCUT2D eigenvalue weighted by molar-refractivity contribution is 14.1.